The normalized spacial score (nSPS) is 21.9. The number of halogens is 1. The smallest absolute Gasteiger partial charge is 0.295 e. The molecule has 1 aliphatic carbocycles. The molecule has 2 aromatic rings. The number of hydrogen-bond donors (Lipinski definition) is 2. The van der Waals surface area contributed by atoms with Crippen LogP contribution in [0.4, 0.5) is 6.01 Å². The second-order valence-corrected chi connectivity index (χ2v) is 8.73. The summed E-state index contributed by atoms with van der Waals surface area (Å²) in [6, 6.07) is 5.94. The topological polar surface area (TPSA) is 84.2 Å². The van der Waals surface area contributed by atoms with E-state index in [0.717, 1.165) is 37.7 Å². The first kappa shape index (κ1) is 17.5. The summed E-state index contributed by atoms with van der Waals surface area (Å²) in [4.78, 5) is 4.38. The van der Waals surface area contributed by atoms with Gasteiger partial charge in [-0.15, -0.1) is 0 Å². The van der Waals surface area contributed by atoms with Crippen LogP contribution in [0.5, 0.6) is 0 Å². The van der Waals surface area contributed by atoms with Crippen LogP contribution in [0.15, 0.2) is 22.6 Å². The van der Waals surface area contributed by atoms with Crippen molar-refractivity contribution in [1.29, 1.82) is 0 Å². The van der Waals surface area contributed by atoms with E-state index in [1.165, 1.54) is 0 Å². The first-order chi connectivity index (χ1) is 11.4. The third-order valence-electron chi connectivity index (χ3n) is 4.47. The summed E-state index contributed by atoms with van der Waals surface area (Å²) < 4.78 is 31.6. The van der Waals surface area contributed by atoms with Crippen molar-refractivity contribution in [2.75, 3.05) is 17.6 Å². The molecule has 0 saturated heterocycles. The van der Waals surface area contributed by atoms with Crippen LogP contribution in [-0.4, -0.2) is 31.7 Å². The van der Waals surface area contributed by atoms with Gasteiger partial charge in [0, 0.05) is 23.7 Å². The lowest BCUT2D eigenvalue weighted by Gasteiger charge is -2.28. The summed E-state index contributed by atoms with van der Waals surface area (Å²) in [6.45, 7) is 2.43. The van der Waals surface area contributed by atoms with E-state index in [2.05, 4.69) is 15.0 Å². The lowest BCUT2D eigenvalue weighted by atomic mass is 9.86. The Morgan fingerprint density at radius 3 is 2.75 bits per heavy atom. The van der Waals surface area contributed by atoms with Crippen molar-refractivity contribution >= 4 is 38.7 Å². The van der Waals surface area contributed by atoms with Gasteiger partial charge in [0.15, 0.2) is 5.58 Å². The fraction of sp³-hybridized carbons (Fsp3) is 0.562. The van der Waals surface area contributed by atoms with Crippen LogP contribution in [0.2, 0.25) is 5.02 Å². The van der Waals surface area contributed by atoms with Crippen molar-refractivity contribution in [2.45, 2.75) is 38.6 Å². The molecule has 0 bridgehead atoms. The Balaban J connectivity index is 1.49. The lowest BCUT2D eigenvalue weighted by Crippen LogP contribution is -2.39. The SMILES string of the molecule is CCS(=O)(=O)NC1CCC(CNc2nc3ccc(Cl)cc3o2)CC1. The average molecular weight is 372 g/mol. The van der Waals surface area contributed by atoms with Gasteiger partial charge in [-0.3, -0.25) is 0 Å². The van der Waals surface area contributed by atoms with E-state index in [1.807, 2.05) is 6.07 Å². The van der Waals surface area contributed by atoms with Gasteiger partial charge in [0.25, 0.3) is 6.01 Å². The van der Waals surface area contributed by atoms with Gasteiger partial charge in [0.1, 0.15) is 5.52 Å². The van der Waals surface area contributed by atoms with E-state index < -0.39 is 10.0 Å². The average Bonchev–Trinajstić information content (AvgIpc) is 2.96. The summed E-state index contributed by atoms with van der Waals surface area (Å²) in [6.07, 6.45) is 3.70. The van der Waals surface area contributed by atoms with E-state index in [0.29, 0.717) is 22.5 Å². The van der Waals surface area contributed by atoms with Crippen LogP contribution in [-0.2, 0) is 10.0 Å². The summed E-state index contributed by atoms with van der Waals surface area (Å²) in [5.41, 5.74) is 1.45. The van der Waals surface area contributed by atoms with Gasteiger partial charge < -0.3 is 9.73 Å². The van der Waals surface area contributed by atoms with Gasteiger partial charge in [-0.25, -0.2) is 13.1 Å². The molecule has 0 unspecified atom stereocenters. The number of fused-ring (bicyclic) bond motifs is 1. The minimum Gasteiger partial charge on any atom is -0.424 e. The lowest BCUT2D eigenvalue weighted by molar-refractivity contribution is 0.323. The molecule has 1 aromatic heterocycles. The number of benzene rings is 1. The van der Waals surface area contributed by atoms with Crippen LogP contribution in [0.3, 0.4) is 0 Å². The highest BCUT2D eigenvalue weighted by atomic mass is 35.5. The molecule has 1 heterocycles. The third-order valence-corrected chi connectivity index (χ3v) is 6.15. The molecule has 8 heteroatoms. The Kier molecular flexibility index (Phi) is 5.32. The molecule has 0 spiro atoms. The van der Waals surface area contributed by atoms with Crippen LogP contribution in [0, 0.1) is 5.92 Å². The second kappa shape index (κ2) is 7.29. The van der Waals surface area contributed by atoms with Gasteiger partial charge in [0.05, 0.1) is 5.75 Å². The van der Waals surface area contributed by atoms with Gasteiger partial charge in [-0.2, -0.15) is 4.98 Å². The fourth-order valence-electron chi connectivity index (χ4n) is 3.03. The molecule has 2 N–H and O–H groups in total. The number of anilines is 1. The third kappa shape index (κ3) is 4.40. The molecule has 0 aliphatic heterocycles. The van der Waals surface area contributed by atoms with Crippen LogP contribution < -0.4 is 10.0 Å². The molecule has 0 amide bonds. The number of nitrogens with zero attached hydrogens (tertiary/aromatic N) is 1. The number of rotatable bonds is 6. The molecule has 24 heavy (non-hydrogen) atoms. The van der Waals surface area contributed by atoms with Gasteiger partial charge in [-0.1, -0.05) is 11.6 Å². The Morgan fingerprint density at radius 2 is 2.04 bits per heavy atom. The number of aromatic nitrogens is 1. The summed E-state index contributed by atoms with van der Waals surface area (Å²) in [5.74, 6) is 0.627. The Morgan fingerprint density at radius 1 is 1.29 bits per heavy atom. The summed E-state index contributed by atoms with van der Waals surface area (Å²) >= 11 is 5.94. The van der Waals surface area contributed by atoms with Crippen molar-refractivity contribution in [3.05, 3.63) is 23.2 Å². The molecule has 0 atom stereocenters. The van der Waals surface area contributed by atoms with Crippen molar-refractivity contribution in [3.8, 4) is 0 Å². The maximum atomic E-state index is 11.6. The summed E-state index contributed by atoms with van der Waals surface area (Å²) in [5, 5.41) is 3.86. The zero-order chi connectivity index (χ0) is 17.2. The highest BCUT2D eigenvalue weighted by Gasteiger charge is 2.24. The van der Waals surface area contributed by atoms with Crippen molar-refractivity contribution in [3.63, 3.8) is 0 Å². The molecule has 1 aliphatic rings. The fourth-order valence-corrected chi connectivity index (χ4v) is 4.10. The highest BCUT2D eigenvalue weighted by molar-refractivity contribution is 7.89. The van der Waals surface area contributed by atoms with E-state index in [1.54, 1.807) is 19.1 Å². The van der Waals surface area contributed by atoms with Gasteiger partial charge >= 0.3 is 0 Å². The molecule has 0 radical (unpaired) electrons. The quantitative estimate of drug-likeness (QED) is 0.813. The molecule has 132 valence electrons. The van der Waals surface area contributed by atoms with Crippen LogP contribution in [0.1, 0.15) is 32.6 Å². The zero-order valence-corrected chi connectivity index (χ0v) is 15.2. The van der Waals surface area contributed by atoms with Crippen molar-refractivity contribution in [2.24, 2.45) is 5.92 Å². The molecule has 1 fully saturated rings. The van der Waals surface area contributed by atoms with E-state index in [9.17, 15) is 8.42 Å². The maximum Gasteiger partial charge on any atom is 0.295 e. The monoisotopic (exact) mass is 371 g/mol. The van der Waals surface area contributed by atoms with Crippen LogP contribution >= 0.6 is 11.6 Å². The van der Waals surface area contributed by atoms with E-state index >= 15 is 0 Å². The Bertz CT molecular complexity index is 798. The molecular formula is C16H22ClN3O3S. The maximum absolute atomic E-state index is 11.6. The standard InChI is InChI=1S/C16H22ClN3O3S/c1-2-24(21,22)20-13-6-3-11(4-7-13)10-18-16-19-14-8-5-12(17)9-15(14)23-16/h5,8-9,11,13,20H,2-4,6-7,10H2,1H3,(H,18,19). The van der Waals surface area contributed by atoms with E-state index in [-0.39, 0.29) is 11.8 Å². The van der Waals surface area contributed by atoms with Crippen LogP contribution in [0.25, 0.3) is 11.1 Å². The number of hydrogen-bond acceptors (Lipinski definition) is 5. The minimum atomic E-state index is -3.11. The molecule has 3 rings (SSSR count). The van der Waals surface area contributed by atoms with Gasteiger partial charge in [-0.05, 0) is 50.7 Å². The van der Waals surface area contributed by atoms with Crippen molar-refractivity contribution < 1.29 is 12.8 Å². The Labute approximate surface area is 147 Å². The number of oxazole rings is 1. The number of sulfonamides is 1. The van der Waals surface area contributed by atoms with Gasteiger partial charge in [0.2, 0.25) is 10.0 Å². The molecule has 1 saturated carbocycles. The molecule has 6 nitrogen and oxygen atoms in total. The minimum absolute atomic E-state index is 0.0673. The van der Waals surface area contributed by atoms with E-state index in [4.69, 9.17) is 16.0 Å². The zero-order valence-electron chi connectivity index (χ0n) is 13.6. The largest absolute Gasteiger partial charge is 0.424 e. The highest BCUT2D eigenvalue weighted by Crippen LogP contribution is 2.26. The van der Waals surface area contributed by atoms with Crippen molar-refractivity contribution in [1.82, 2.24) is 9.71 Å². The second-order valence-electron chi connectivity index (χ2n) is 6.25. The predicted molar refractivity (Wildman–Crippen MR) is 95.9 cm³/mol. The first-order valence-corrected chi connectivity index (χ1v) is 10.3. The Hall–Kier alpha value is -1.31. The predicted octanol–water partition coefficient (Wildman–Crippen LogP) is 3.39. The first-order valence-electron chi connectivity index (χ1n) is 8.25. The summed E-state index contributed by atoms with van der Waals surface area (Å²) in [7, 11) is -3.11. The number of nitrogens with one attached hydrogen (secondary N) is 2. The molecule has 1 aromatic carbocycles. The molecular weight excluding hydrogens is 350 g/mol.